The molecule has 0 radical (unpaired) electrons. The molecule has 0 bridgehead atoms. The number of hydrogen-bond donors (Lipinski definition) is 2. The summed E-state index contributed by atoms with van der Waals surface area (Å²) in [4.78, 5) is 9.54. The van der Waals surface area contributed by atoms with E-state index in [-0.39, 0.29) is 11.4 Å². The van der Waals surface area contributed by atoms with Crippen LogP contribution in [0.3, 0.4) is 0 Å². The molecule has 0 aliphatic heterocycles. The van der Waals surface area contributed by atoms with E-state index in [0.29, 0.717) is 5.89 Å². The van der Waals surface area contributed by atoms with Gasteiger partial charge in [-0.1, -0.05) is 66.7 Å². The largest absolute Gasteiger partial charge is 0.436 e. The maximum Gasteiger partial charge on any atom is 0.227 e. The van der Waals surface area contributed by atoms with Crippen LogP contribution in [0.1, 0.15) is 11.1 Å². The van der Waals surface area contributed by atoms with Crippen molar-refractivity contribution in [2.24, 2.45) is 0 Å². The number of hydrogen-bond acceptors (Lipinski definition) is 5. The first-order valence-corrected chi connectivity index (χ1v) is 12.0. The monoisotopic (exact) mass is 476 g/mol. The van der Waals surface area contributed by atoms with Gasteiger partial charge in [-0.2, -0.15) is 0 Å². The SMILES string of the molecule is N=C1C=Cc2c(-c3ccc(-c4ccc(-c5nc6ccccc6o5)cc4)cc3)nc3ccccc3c2C1=N. The van der Waals surface area contributed by atoms with Gasteiger partial charge in [-0.3, -0.25) is 10.8 Å². The highest BCUT2D eigenvalue weighted by molar-refractivity contribution is 6.54. The van der Waals surface area contributed by atoms with Crippen LogP contribution in [-0.2, 0) is 0 Å². The third-order valence-electron chi connectivity index (χ3n) is 6.78. The Labute approximate surface area is 212 Å². The molecule has 5 heteroatoms. The second kappa shape index (κ2) is 8.21. The minimum Gasteiger partial charge on any atom is -0.436 e. The third kappa shape index (κ3) is 3.48. The summed E-state index contributed by atoms with van der Waals surface area (Å²) in [5.41, 5.74) is 9.46. The zero-order chi connectivity index (χ0) is 24.9. The van der Waals surface area contributed by atoms with Gasteiger partial charge in [0.1, 0.15) is 5.52 Å². The van der Waals surface area contributed by atoms with Crippen LogP contribution in [0, 0.1) is 10.8 Å². The Kier molecular flexibility index (Phi) is 4.69. The lowest BCUT2D eigenvalue weighted by Gasteiger charge is -2.19. The molecule has 0 unspecified atom stereocenters. The van der Waals surface area contributed by atoms with Gasteiger partial charge in [-0.25, -0.2) is 9.97 Å². The van der Waals surface area contributed by atoms with E-state index in [1.807, 2.05) is 66.7 Å². The van der Waals surface area contributed by atoms with Gasteiger partial charge in [-0.05, 0) is 53.6 Å². The Morgan fingerprint density at radius 2 is 1.19 bits per heavy atom. The fraction of sp³-hybridized carbons (Fsp3) is 0. The summed E-state index contributed by atoms with van der Waals surface area (Å²) < 4.78 is 5.90. The normalized spacial score (nSPS) is 12.9. The van der Waals surface area contributed by atoms with E-state index in [1.165, 1.54) is 0 Å². The zero-order valence-electron chi connectivity index (χ0n) is 19.7. The van der Waals surface area contributed by atoms with Gasteiger partial charge in [0.05, 0.1) is 22.6 Å². The molecule has 1 aliphatic carbocycles. The molecule has 0 amide bonds. The Hall–Kier alpha value is -5.16. The molecule has 0 saturated carbocycles. The lowest BCUT2D eigenvalue weighted by atomic mass is 9.88. The molecule has 2 heterocycles. The van der Waals surface area contributed by atoms with Crippen molar-refractivity contribution in [2.75, 3.05) is 0 Å². The number of benzene rings is 4. The van der Waals surface area contributed by atoms with Gasteiger partial charge >= 0.3 is 0 Å². The van der Waals surface area contributed by atoms with Crippen LogP contribution in [0.15, 0.2) is 108 Å². The molecular formula is C32H20N4O. The average molecular weight is 477 g/mol. The standard InChI is InChI=1S/C32H20N4O/c33-25-18-17-24-29(30(25)34)23-5-1-2-6-26(23)35-31(24)21-13-9-19(10-14-21)20-11-15-22(16-12-20)32-36-27-7-3-4-8-28(27)37-32/h1-18,33-34H. The maximum absolute atomic E-state index is 8.56. The second-order valence-corrected chi connectivity index (χ2v) is 9.03. The molecule has 174 valence electrons. The molecule has 0 fully saturated rings. The van der Waals surface area contributed by atoms with Gasteiger partial charge in [0.15, 0.2) is 5.58 Å². The van der Waals surface area contributed by atoms with Gasteiger partial charge < -0.3 is 4.42 Å². The Morgan fingerprint density at radius 1 is 0.568 bits per heavy atom. The zero-order valence-corrected chi connectivity index (χ0v) is 19.7. The van der Waals surface area contributed by atoms with Gasteiger partial charge in [0.25, 0.3) is 0 Å². The molecule has 5 nitrogen and oxygen atoms in total. The summed E-state index contributed by atoms with van der Waals surface area (Å²) in [6.45, 7) is 0. The summed E-state index contributed by atoms with van der Waals surface area (Å²) in [5.74, 6) is 0.613. The number of aromatic nitrogens is 2. The van der Waals surface area contributed by atoms with E-state index in [0.717, 1.165) is 61.1 Å². The average Bonchev–Trinajstić information content (AvgIpc) is 3.39. The van der Waals surface area contributed by atoms with E-state index >= 15 is 0 Å². The molecule has 2 aromatic heterocycles. The van der Waals surface area contributed by atoms with Crippen molar-refractivity contribution < 1.29 is 4.42 Å². The Bertz CT molecular complexity index is 1860. The maximum atomic E-state index is 8.56. The minimum absolute atomic E-state index is 0.214. The van der Waals surface area contributed by atoms with E-state index in [4.69, 9.17) is 20.2 Å². The van der Waals surface area contributed by atoms with E-state index in [2.05, 4.69) is 41.4 Å². The molecular weight excluding hydrogens is 456 g/mol. The predicted octanol–water partition coefficient (Wildman–Crippen LogP) is 7.79. The number of rotatable bonds is 3. The van der Waals surface area contributed by atoms with Crippen molar-refractivity contribution in [3.8, 4) is 33.8 Å². The number of allylic oxidation sites excluding steroid dienone is 1. The Morgan fingerprint density at radius 3 is 1.92 bits per heavy atom. The van der Waals surface area contributed by atoms with Crippen LogP contribution in [-0.4, -0.2) is 21.4 Å². The topological polar surface area (TPSA) is 86.6 Å². The number of para-hydroxylation sites is 3. The number of fused-ring (bicyclic) bond motifs is 4. The summed E-state index contributed by atoms with van der Waals surface area (Å²) in [6, 6.07) is 32.1. The minimum atomic E-state index is 0.214. The molecule has 0 saturated heterocycles. The van der Waals surface area contributed by atoms with Crippen LogP contribution in [0.4, 0.5) is 0 Å². The van der Waals surface area contributed by atoms with Crippen molar-refractivity contribution in [1.29, 1.82) is 10.8 Å². The number of nitrogens with one attached hydrogen (secondary N) is 2. The van der Waals surface area contributed by atoms with Crippen molar-refractivity contribution in [3.05, 3.63) is 114 Å². The second-order valence-electron chi connectivity index (χ2n) is 9.03. The third-order valence-corrected chi connectivity index (χ3v) is 6.78. The summed E-state index contributed by atoms with van der Waals surface area (Å²) in [7, 11) is 0. The van der Waals surface area contributed by atoms with E-state index in [9.17, 15) is 0 Å². The number of nitrogens with zero attached hydrogens (tertiary/aromatic N) is 2. The summed E-state index contributed by atoms with van der Waals surface area (Å²) >= 11 is 0. The van der Waals surface area contributed by atoms with E-state index < -0.39 is 0 Å². The quantitative estimate of drug-likeness (QED) is 0.273. The molecule has 1 aliphatic rings. The summed E-state index contributed by atoms with van der Waals surface area (Å²) in [5, 5.41) is 17.6. The highest BCUT2D eigenvalue weighted by Crippen LogP contribution is 2.35. The first kappa shape index (κ1) is 21.1. The van der Waals surface area contributed by atoms with Crippen LogP contribution < -0.4 is 0 Å². The molecule has 0 atom stereocenters. The van der Waals surface area contributed by atoms with Crippen LogP contribution >= 0.6 is 0 Å². The molecule has 37 heavy (non-hydrogen) atoms. The van der Waals surface area contributed by atoms with Crippen molar-refractivity contribution >= 4 is 39.5 Å². The van der Waals surface area contributed by atoms with Gasteiger partial charge in [0.2, 0.25) is 5.89 Å². The molecule has 0 spiro atoms. The van der Waals surface area contributed by atoms with E-state index in [1.54, 1.807) is 6.08 Å². The van der Waals surface area contributed by atoms with Crippen molar-refractivity contribution in [3.63, 3.8) is 0 Å². The molecule has 6 aromatic rings. The lowest BCUT2D eigenvalue weighted by molar-refractivity contribution is 0.620. The van der Waals surface area contributed by atoms with Crippen LogP contribution in [0.25, 0.3) is 61.9 Å². The van der Waals surface area contributed by atoms with Crippen LogP contribution in [0.5, 0.6) is 0 Å². The van der Waals surface area contributed by atoms with Gasteiger partial charge in [-0.15, -0.1) is 0 Å². The predicted molar refractivity (Wildman–Crippen MR) is 149 cm³/mol. The van der Waals surface area contributed by atoms with Gasteiger partial charge in [0, 0.05) is 27.6 Å². The molecule has 7 rings (SSSR count). The van der Waals surface area contributed by atoms with Crippen LogP contribution in [0.2, 0.25) is 0 Å². The smallest absolute Gasteiger partial charge is 0.227 e. The first-order chi connectivity index (χ1) is 18.2. The first-order valence-electron chi connectivity index (χ1n) is 12.0. The Balaban J connectivity index is 1.25. The molecule has 4 aromatic carbocycles. The van der Waals surface area contributed by atoms with Crippen molar-refractivity contribution in [1.82, 2.24) is 9.97 Å². The molecule has 2 N–H and O–H groups in total. The number of pyridine rings is 1. The highest BCUT2D eigenvalue weighted by atomic mass is 16.3. The summed E-state index contributed by atoms with van der Waals surface area (Å²) in [6.07, 6.45) is 3.58. The van der Waals surface area contributed by atoms with Crippen molar-refractivity contribution in [2.45, 2.75) is 0 Å². The highest BCUT2D eigenvalue weighted by Gasteiger charge is 2.22. The fourth-order valence-electron chi connectivity index (χ4n) is 4.88. The lowest BCUT2D eigenvalue weighted by Crippen LogP contribution is -2.17. The number of oxazole rings is 1. The fourth-order valence-corrected chi connectivity index (χ4v) is 4.88.